The minimum absolute atomic E-state index is 0.204. The first-order valence-electron chi connectivity index (χ1n) is 7.08. The number of ether oxygens (including phenoxy) is 1. The van der Waals surface area contributed by atoms with E-state index in [4.69, 9.17) is 16.3 Å². The third-order valence-electron chi connectivity index (χ3n) is 3.51. The van der Waals surface area contributed by atoms with Crippen LogP contribution >= 0.6 is 11.6 Å². The van der Waals surface area contributed by atoms with Gasteiger partial charge in [0.15, 0.2) is 17.3 Å². The summed E-state index contributed by atoms with van der Waals surface area (Å²) in [6.45, 7) is 2.57. The molecule has 0 heterocycles. The van der Waals surface area contributed by atoms with Crippen LogP contribution in [0.15, 0.2) is 36.4 Å². The Kier molecular flexibility index (Phi) is 4.13. The van der Waals surface area contributed by atoms with Gasteiger partial charge in [-0.1, -0.05) is 29.8 Å². The molecule has 1 N–H and O–H groups in total. The zero-order chi connectivity index (χ0) is 14.8. The van der Waals surface area contributed by atoms with Crippen LogP contribution in [0.5, 0.6) is 11.5 Å². The number of nitrogens with one attached hydrogen (secondary N) is 1. The Labute approximate surface area is 128 Å². The van der Waals surface area contributed by atoms with E-state index in [1.807, 2.05) is 19.1 Å². The van der Waals surface area contributed by atoms with Gasteiger partial charge in [-0.25, -0.2) is 4.39 Å². The van der Waals surface area contributed by atoms with Gasteiger partial charge in [-0.2, -0.15) is 0 Å². The SMILES string of the molecule is Cc1ccc(F)c(Oc2c(Cl)cccc2CNC2CC2)c1. The molecule has 0 bridgehead atoms. The lowest BCUT2D eigenvalue weighted by atomic mass is 10.2. The van der Waals surface area contributed by atoms with E-state index in [9.17, 15) is 4.39 Å². The zero-order valence-corrected chi connectivity index (χ0v) is 12.6. The first kappa shape index (κ1) is 14.4. The van der Waals surface area contributed by atoms with Crippen molar-refractivity contribution < 1.29 is 9.13 Å². The minimum atomic E-state index is -0.387. The molecular weight excluding hydrogens is 289 g/mol. The topological polar surface area (TPSA) is 21.3 Å². The smallest absolute Gasteiger partial charge is 0.165 e. The first-order valence-corrected chi connectivity index (χ1v) is 7.46. The van der Waals surface area contributed by atoms with E-state index in [1.165, 1.54) is 18.9 Å². The summed E-state index contributed by atoms with van der Waals surface area (Å²) in [7, 11) is 0. The Morgan fingerprint density at radius 3 is 2.86 bits per heavy atom. The van der Waals surface area contributed by atoms with Gasteiger partial charge in [-0.05, 0) is 43.5 Å². The molecule has 3 rings (SSSR count). The second-order valence-corrected chi connectivity index (χ2v) is 5.83. The highest BCUT2D eigenvalue weighted by Crippen LogP contribution is 2.35. The molecule has 4 heteroatoms. The van der Waals surface area contributed by atoms with E-state index in [0.29, 0.717) is 23.4 Å². The summed E-state index contributed by atoms with van der Waals surface area (Å²) >= 11 is 6.23. The van der Waals surface area contributed by atoms with E-state index in [1.54, 1.807) is 18.2 Å². The number of aryl methyl sites for hydroxylation is 1. The summed E-state index contributed by atoms with van der Waals surface area (Å²) in [5.74, 6) is 0.342. The van der Waals surface area contributed by atoms with E-state index in [2.05, 4.69) is 5.32 Å². The fraction of sp³-hybridized carbons (Fsp3) is 0.294. The predicted molar refractivity (Wildman–Crippen MR) is 82.5 cm³/mol. The lowest BCUT2D eigenvalue weighted by Crippen LogP contribution is -2.15. The van der Waals surface area contributed by atoms with Crippen LogP contribution in [-0.4, -0.2) is 6.04 Å². The minimum Gasteiger partial charge on any atom is -0.452 e. The molecule has 0 spiro atoms. The molecule has 110 valence electrons. The second kappa shape index (κ2) is 6.04. The normalized spacial score (nSPS) is 14.2. The van der Waals surface area contributed by atoms with Crippen LogP contribution in [0.1, 0.15) is 24.0 Å². The van der Waals surface area contributed by atoms with Gasteiger partial charge in [0, 0.05) is 18.2 Å². The zero-order valence-electron chi connectivity index (χ0n) is 11.8. The molecule has 2 aromatic rings. The highest BCUT2D eigenvalue weighted by atomic mass is 35.5. The monoisotopic (exact) mass is 305 g/mol. The number of hydrogen-bond acceptors (Lipinski definition) is 2. The molecule has 1 aliphatic rings. The molecule has 0 aromatic heterocycles. The van der Waals surface area contributed by atoms with Crippen LogP contribution in [0, 0.1) is 12.7 Å². The van der Waals surface area contributed by atoms with Crippen molar-refractivity contribution in [1.82, 2.24) is 5.32 Å². The first-order chi connectivity index (χ1) is 10.1. The third-order valence-corrected chi connectivity index (χ3v) is 3.80. The molecule has 0 saturated heterocycles. The predicted octanol–water partition coefficient (Wildman–Crippen LogP) is 4.83. The van der Waals surface area contributed by atoms with Crippen LogP contribution in [0.3, 0.4) is 0 Å². The maximum atomic E-state index is 13.9. The largest absolute Gasteiger partial charge is 0.452 e. The van der Waals surface area contributed by atoms with Gasteiger partial charge in [0.05, 0.1) is 5.02 Å². The van der Waals surface area contributed by atoms with Gasteiger partial charge in [0.25, 0.3) is 0 Å². The lowest BCUT2D eigenvalue weighted by molar-refractivity contribution is 0.435. The van der Waals surface area contributed by atoms with Crippen molar-refractivity contribution in [2.24, 2.45) is 0 Å². The van der Waals surface area contributed by atoms with Gasteiger partial charge in [-0.15, -0.1) is 0 Å². The standard InChI is InChI=1S/C17H17ClFNO/c1-11-5-8-15(19)16(9-11)21-17-12(3-2-4-14(17)18)10-20-13-6-7-13/h2-5,8-9,13,20H,6-7,10H2,1H3. The van der Waals surface area contributed by atoms with Crippen LogP contribution in [0.4, 0.5) is 4.39 Å². The molecule has 1 aliphatic carbocycles. The molecule has 2 aromatic carbocycles. The van der Waals surface area contributed by atoms with Crippen molar-refractivity contribution in [2.75, 3.05) is 0 Å². The van der Waals surface area contributed by atoms with E-state index < -0.39 is 0 Å². The summed E-state index contributed by atoms with van der Waals surface area (Å²) in [6, 6.07) is 11.0. The number of benzene rings is 2. The second-order valence-electron chi connectivity index (χ2n) is 5.42. The Hall–Kier alpha value is -1.58. The van der Waals surface area contributed by atoms with Gasteiger partial charge in [-0.3, -0.25) is 0 Å². The molecule has 0 amide bonds. The molecule has 1 saturated carbocycles. The molecule has 0 aliphatic heterocycles. The van der Waals surface area contributed by atoms with E-state index in [0.717, 1.165) is 11.1 Å². The third kappa shape index (κ3) is 3.55. The van der Waals surface area contributed by atoms with Gasteiger partial charge < -0.3 is 10.1 Å². The molecule has 1 fully saturated rings. The van der Waals surface area contributed by atoms with Crippen molar-refractivity contribution in [3.8, 4) is 11.5 Å². The van der Waals surface area contributed by atoms with E-state index in [-0.39, 0.29) is 11.6 Å². The van der Waals surface area contributed by atoms with Crippen LogP contribution in [0.25, 0.3) is 0 Å². The fourth-order valence-corrected chi connectivity index (χ4v) is 2.38. The maximum Gasteiger partial charge on any atom is 0.165 e. The number of rotatable bonds is 5. The summed E-state index contributed by atoms with van der Waals surface area (Å²) in [5, 5.41) is 3.91. The lowest BCUT2D eigenvalue weighted by Gasteiger charge is -2.14. The maximum absolute atomic E-state index is 13.9. The van der Waals surface area contributed by atoms with Gasteiger partial charge in [0.2, 0.25) is 0 Å². The van der Waals surface area contributed by atoms with Gasteiger partial charge in [0.1, 0.15) is 0 Å². The molecule has 0 atom stereocenters. The Morgan fingerprint density at radius 1 is 1.29 bits per heavy atom. The number of para-hydroxylation sites is 1. The Morgan fingerprint density at radius 2 is 2.10 bits per heavy atom. The molecular formula is C17H17ClFNO. The average molecular weight is 306 g/mol. The highest BCUT2D eigenvalue weighted by molar-refractivity contribution is 6.32. The van der Waals surface area contributed by atoms with E-state index >= 15 is 0 Å². The highest BCUT2D eigenvalue weighted by Gasteiger charge is 2.21. The van der Waals surface area contributed by atoms with Crippen LogP contribution in [-0.2, 0) is 6.54 Å². The number of hydrogen-bond donors (Lipinski definition) is 1. The summed E-state index contributed by atoms with van der Waals surface area (Å²) in [4.78, 5) is 0. The summed E-state index contributed by atoms with van der Waals surface area (Å²) in [5.41, 5.74) is 1.88. The van der Waals surface area contributed by atoms with Crippen LogP contribution in [0.2, 0.25) is 5.02 Å². The molecule has 0 unspecified atom stereocenters. The average Bonchev–Trinajstić information content (AvgIpc) is 3.27. The quantitative estimate of drug-likeness (QED) is 0.854. The van der Waals surface area contributed by atoms with Crippen molar-refractivity contribution in [2.45, 2.75) is 32.4 Å². The Bertz CT molecular complexity index is 655. The van der Waals surface area contributed by atoms with Crippen LogP contribution < -0.4 is 10.1 Å². The van der Waals surface area contributed by atoms with Crippen molar-refractivity contribution in [3.05, 3.63) is 58.4 Å². The summed E-state index contributed by atoms with van der Waals surface area (Å²) < 4.78 is 19.6. The summed E-state index contributed by atoms with van der Waals surface area (Å²) in [6.07, 6.45) is 2.42. The molecule has 2 nitrogen and oxygen atoms in total. The number of halogens is 2. The molecule has 21 heavy (non-hydrogen) atoms. The fourth-order valence-electron chi connectivity index (χ4n) is 2.15. The van der Waals surface area contributed by atoms with Crippen molar-refractivity contribution in [3.63, 3.8) is 0 Å². The van der Waals surface area contributed by atoms with Crippen molar-refractivity contribution in [1.29, 1.82) is 0 Å². The Balaban J connectivity index is 1.87. The van der Waals surface area contributed by atoms with Gasteiger partial charge >= 0.3 is 0 Å². The van der Waals surface area contributed by atoms with Crippen molar-refractivity contribution >= 4 is 11.6 Å². The molecule has 0 radical (unpaired) electrons.